The molecule has 9 nitrogen and oxygen atoms in total. The van der Waals surface area contributed by atoms with Gasteiger partial charge in [0.15, 0.2) is 5.75 Å². The van der Waals surface area contributed by atoms with E-state index in [1.165, 1.54) is 32.4 Å². The zero-order valence-corrected chi connectivity index (χ0v) is 14.4. The van der Waals surface area contributed by atoms with Gasteiger partial charge in [0.1, 0.15) is 0 Å². The number of carbonyl (C=O) groups excluding carboxylic acids is 2. The fourth-order valence-corrected chi connectivity index (χ4v) is 2.14. The van der Waals surface area contributed by atoms with Gasteiger partial charge in [-0.05, 0) is 25.0 Å². The van der Waals surface area contributed by atoms with Gasteiger partial charge in [-0.3, -0.25) is 14.9 Å². The van der Waals surface area contributed by atoms with Crippen LogP contribution in [-0.4, -0.2) is 37.7 Å². The van der Waals surface area contributed by atoms with Gasteiger partial charge in [-0.2, -0.15) is 0 Å². The molecule has 0 heterocycles. The predicted octanol–water partition coefficient (Wildman–Crippen LogP) is 2.85. The Morgan fingerprint density at radius 3 is 2.52 bits per heavy atom. The molecule has 0 fully saturated rings. The Morgan fingerprint density at radius 2 is 1.88 bits per heavy atom. The van der Waals surface area contributed by atoms with Gasteiger partial charge < -0.3 is 20.1 Å². The summed E-state index contributed by atoms with van der Waals surface area (Å²) in [7, 11) is 2.70. The molecule has 0 radical (unpaired) electrons. The summed E-state index contributed by atoms with van der Waals surface area (Å²) >= 11 is 0. The number of unbranched alkanes of at least 4 members (excludes halogenated alkanes) is 3. The summed E-state index contributed by atoms with van der Waals surface area (Å²) in [5.74, 6) is -0.0889. The number of rotatable bonds is 10. The Morgan fingerprint density at radius 1 is 1.16 bits per heavy atom. The first-order chi connectivity index (χ1) is 12.0. The molecule has 0 aromatic heterocycles. The maximum atomic E-state index is 11.8. The quantitative estimate of drug-likeness (QED) is 0.289. The molecule has 0 aliphatic rings. The van der Waals surface area contributed by atoms with Crippen LogP contribution >= 0.6 is 0 Å². The zero-order valence-electron chi connectivity index (χ0n) is 14.4. The van der Waals surface area contributed by atoms with E-state index in [4.69, 9.17) is 4.74 Å². The highest BCUT2D eigenvalue weighted by Gasteiger charge is 2.15. The molecule has 1 rings (SSSR count). The Labute approximate surface area is 145 Å². The molecule has 0 saturated carbocycles. The van der Waals surface area contributed by atoms with E-state index in [0.717, 1.165) is 25.7 Å². The maximum absolute atomic E-state index is 11.8. The molecule has 0 bridgehead atoms. The molecule has 0 atom stereocenters. The number of nitro groups is 1. The second-order valence-electron chi connectivity index (χ2n) is 5.26. The van der Waals surface area contributed by atoms with Crippen molar-refractivity contribution in [3.8, 4) is 5.75 Å². The third-order valence-electron chi connectivity index (χ3n) is 3.45. The molecule has 138 valence electrons. The van der Waals surface area contributed by atoms with Gasteiger partial charge in [0, 0.05) is 24.7 Å². The van der Waals surface area contributed by atoms with Gasteiger partial charge in [-0.15, -0.1) is 0 Å². The molecule has 2 amide bonds. The molecule has 0 aliphatic carbocycles. The molecular formula is C16H23N3O6. The number of nitro benzene ring substituents is 1. The smallest absolute Gasteiger partial charge is 0.319 e. The van der Waals surface area contributed by atoms with Gasteiger partial charge in [-0.25, -0.2) is 4.79 Å². The molecule has 0 saturated heterocycles. The largest absolute Gasteiger partial charge is 0.490 e. The second-order valence-corrected chi connectivity index (χ2v) is 5.26. The molecule has 0 aliphatic heterocycles. The first-order valence-corrected chi connectivity index (χ1v) is 7.92. The molecule has 1 aromatic carbocycles. The number of esters is 1. The lowest BCUT2D eigenvalue weighted by Crippen LogP contribution is -2.29. The Balaban J connectivity index is 2.29. The molecule has 2 N–H and O–H groups in total. The lowest BCUT2D eigenvalue weighted by Gasteiger charge is -2.08. The van der Waals surface area contributed by atoms with Gasteiger partial charge in [0.2, 0.25) is 0 Å². The summed E-state index contributed by atoms with van der Waals surface area (Å²) in [6.45, 7) is 0.475. The number of nitrogens with zero attached hydrogens (tertiary/aromatic N) is 1. The van der Waals surface area contributed by atoms with Crippen molar-refractivity contribution in [1.29, 1.82) is 0 Å². The number of hydrogen-bond donors (Lipinski definition) is 2. The van der Waals surface area contributed by atoms with Crippen molar-refractivity contribution < 1.29 is 24.0 Å². The van der Waals surface area contributed by atoms with Crippen LogP contribution in [0.15, 0.2) is 18.2 Å². The van der Waals surface area contributed by atoms with Gasteiger partial charge >= 0.3 is 17.7 Å². The summed E-state index contributed by atoms with van der Waals surface area (Å²) in [5, 5.41) is 16.2. The Bertz CT molecular complexity index is 606. The van der Waals surface area contributed by atoms with E-state index in [1.54, 1.807) is 0 Å². The molecule has 0 spiro atoms. The molecule has 25 heavy (non-hydrogen) atoms. The summed E-state index contributed by atoms with van der Waals surface area (Å²) in [6.07, 6.45) is 3.70. The van der Waals surface area contributed by atoms with Crippen molar-refractivity contribution in [3.63, 3.8) is 0 Å². The third-order valence-corrected chi connectivity index (χ3v) is 3.45. The topological polar surface area (TPSA) is 120 Å². The van der Waals surface area contributed by atoms with Gasteiger partial charge in [0.05, 0.1) is 19.1 Å². The van der Waals surface area contributed by atoms with Crippen molar-refractivity contribution in [2.75, 3.05) is 26.1 Å². The number of nitrogens with one attached hydrogen (secondary N) is 2. The monoisotopic (exact) mass is 353 g/mol. The average molecular weight is 353 g/mol. The first kappa shape index (κ1) is 20.2. The Kier molecular flexibility index (Phi) is 8.77. The van der Waals surface area contributed by atoms with Crippen LogP contribution in [0.25, 0.3) is 0 Å². The fraction of sp³-hybridized carbons (Fsp3) is 0.500. The lowest BCUT2D eigenvalue weighted by atomic mass is 10.1. The van der Waals surface area contributed by atoms with Gasteiger partial charge in [0.25, 0.3) is 0 Å². The number of benzene rings is 1. The summed E-state index contributed by atoms with van der Waals surface area (Å²) < 4.78 is 9.45. The van der Waals surface area contributed by atoms with E-state index in [1.807, 2.05) is 0 Å². The van der Waals surface area contributed by atoms with Crippen molar-refractivity contribution in [1.82, 2.24) is 5.32 Å². The van der Waals surface area contributed by atoms with Crippen LogP contribution in [0.3, 0.4) is 0 Å². The van der Waals surface area contributed by atoms with Crippen molar-refractivity contribution in [3.05, 3.63) is 28.3 Å². The van der Waals surface area contributed by atoms with Gasteiger partial charge in [-0.1, -0.05) is 12.8 Å². The standard InChI is InChI=1S/C16H23N3O6/c1-24-14-9-8-12(11-13(14)19(22)23)18-16(21)17-10-6-4-3-5-7-15(20)25-2/h8-9,11H,3-7,10H2,1-2H3,(H2,17,18,21). The summed E-state index contributed by atoms with van der Waals surface area (Å²) in [5.41, 5.74) is 0.0917. The summed E-state index contributed by atoms with van der Waals surface area (Å²) in [4.78, 5) is 33.1. The predicted molar refractivity (Wildman–Crippen MR) is 91.8 cm³/mol. The minimum absolute atomic E-state index is 0.128. The van der Waals surface area contributed by atoms with E-state index >= 15 is 0 Å². The van der Waals surface area contributed by atoms with E-state index in [2.05, 4.69) is 15.4 Å². The average Bonchev–Trinajstić information content (AvgIpc) is 2.60. The normalized spacial score (nSPS) is 10.0. The second kappa shape index (κ2) is 10.8. The zero-order chi connectivity index (χ0) is 18.7. The lowest BCUT2D eigenvalue weighted by molar-refractivity contribution is -0.385. The SMILES string of the molecule is COC(=O)CCCCCCNC(=O)Nc1ccc(OC)c([N+](=O)[O-])c1. The highest BCUT2D eigenvalue weighted by atomic mass is 16.6. The maximum Gasteiger partial charge on any atom is 0.319 e. The van der Waals surface area contributed by atoms with E-state index in [0.29, 0.717) is 18.7 Å². The highest BCUT2D eigenvalue weighted by molar-refractivity contribution is 5.89. The number of ether oxygens (including phenoxy) is 2. The minimum atomic E-state index is -0.573. The number of carbonyl (C=O) groups is 2. The van der Waals surface area contributed by atoms with Crippen LogP contribution in [0.2, 0.25) is 0 Å². The third kappa shape index (κ3) is 7.51. The first-order valence-electron chi connectivity index (χ1n) is 7.92. The molecule has 1 aromatic rings. The van der Waals surface area contributed by atoms with Crippen LogP contribution in [0.1, 0.15) is 32.1 Å². The summed E-state index contributed by atoms with van der Waals surface area (Å²) in [6, 6.07) is 3.76. The van der Waals surface area contributed by atoms with Crippen LogP contribution in [0.5, 0.6) is 5.75 Å². The van der Waals surface area contributed by atoms with Crippen molar-refractivity contribution in [2.24, 2.45) is 0 Å². The van der Waals surface area contributed by atoms with E-state index < -0.39 is 11.0 Å². The van der Waals surface area contributed by atoms with Crippen molar-refractivity contribution >= 4 is 23.4 Å². The minimum Gasteiger partial charge on any atom is -0.490 e. The van der Waals surface area contributed by atoms with Crippen LogP contribution in [-0.2, 0) is 9.53 Å². The number of hydrogen-bond acceptors (Lipinski definition) is 6. The van der Waals surface area contributed by atoms with Crippen LogP contribution < -0.4 is 15.4 Å². The number of urea groups is 1. The molecule has 0 unspecified atom stereocenters. The highest BCUT2D eigenvalue weighted by Crippen LogP contribution is 2.29. The van der Waals surface area contributed by atoms with Crippen LogP contribution in [0, 0.1) is 10.1 Å². The van der Waals surface area contributed by atoms with E-state index in [-0.39, 0.29) is 17.4 Å². The number of anilines is 1. The molecule has 9 heteroatoms. The Hall–Kier alpha value is -2.84. The number of amides is 2. The van der Waals surface area contributed by atoms with Crippen molar-refractivity contribution in [2.45, 2.75) is 32.1 Å². The number of methoxy groups -OCH3 is 2. The fourth-order valence-electron chi connectivity index (χ4n) is 2.14. The molecular weight excluding hydrogens is 330 g/mol. The van der Waals surface area contributed by atoms with E-state index in [9.17, 15) is 19.7 Å². The van der Waals surface area contributed by atoms with Crippen LogP contribution in [0.4, 0.5) is 16.2 Å².